The lowest BCUT2D eigenvalue weighted by atomic mass is 10.1. The number of hydrogen-bond donors (Lipinski definition) is 1. The molecule has 128 valence electrons. The molecule has 1 aromatic heterocycles. The Labute approximate surface area is 142 Å². The average Bonchev–Trinajstić information content (AvgIpc) is 2.58. The Morgan fingerprint density at radius 2 is 1.88 bits per heavy atom. The standard InChI is InChI=1S/C19H24N2O3/c1-13-12-14(2)21(4)19(24)17(13)18(23)20(3)11-10-16(22)15-8-6-5-7-9-15/h5-9,12,16,22H,10-11H2,1-4H3. The lowest BCUT2D eigenvalue weighted by Crippen LogP contribution is -2.36. The molecule has 1 aromatic carbocycles. The zero-order valence-corrected chi connectivity index (χ0v) is 14.6. The number of carbonyl (C=O) groups is 1. The normalized spacial score (nSPS) is 12.0. The predicted molar refractivity (Wildman–Crippen MR) is 94.1 cm³/mol. The zero-order chi connectivity index (χ0) is 17.9. The van der Waals surface area contributed by atoms with Gasteiger partial charge in [-0.3, -0.25) is 9.59 Å². The van der Waals surface area contributed by atoms with Gasteiger partial charge in [0.1, 0.15) is 5.56 Å². The number of benzene rings is 1. The summed E-state index contributed by atoms with van der Waals surface area (Å²) in [6.45, 7) is 3.97. The van der Waals surface area contributed by atoms with E-state index in [4.69, 9.17) is 0 Å². The first-order chi connectivity index (χ1) is 11.3. The third-order valence-electron chi connectivity index (χ3n) is 4.35. The second kappa shape index (κ2) is 7.45. The van der Waals surface area contributed by atoms with Gasteiger partial charge >= 0.3 is 0 Å². The maximum absolute atomic E-state index is 12.6. The van der Waals surface area contributed by atoms with Crippen LogP contribution in [0.2, 0.25) is 0 Å². The summed E-state index contributed by atoms with van der Waals surface area (Å²) in [6.07, 6.45) is -0.222. The number of hydrogen-bond acceptors (Lipinski definition) is 3. The van der Waals surface area contributed by atoms with E-state index in [0.29, 0.717) is 18.5 Å². The largest absolute Gasteiger partial charge is 0.388 e. The Bertz CT molecular complexity index is 781. The van der Waals surface area contributed by atoms with E-state index in [9.17, 15) is 14.7 Å². The number of carbonyl (C=O) groups excluding carboxylic acids is 1. The molecule has 0 aliphatic rings. The number of aryl methyl sites for hydroxylation is 2. The minimum Gasteiger partial charge on any atom is -0.388 e. The molecule has 2 aromatic rings. The van der Waals surface area contributed by atoms with E-state index < -0.39 is 6.10 Å². The first-order valence-corrected chi connectivity index (χ1v) is 7.98. The van der Waals surface area contributed by atoms with Crippen molar-refractivity contribution in [3.8, 4) is 0 Å². The van der Waals surface area contributed by atoms with Crippen LogP contribution < -0.4 is 5.56 Å². The van der Waals surface area contributed by atoms with E-state index in [1.807, 2.05) is 43.3 Å². The van der Waals surface area contributed by atoms with Crippen LogP contribution in [0.15, 0.2) is 41.2 Å². The van der Waals surface area contributed by atoms with Gasteiger partial charge in [-0.15, -0.1) is 0 Å². The van der Waals surface area contributed by atoms with Gasteiger partial charge in [-0.25, -0.2) is 0 Å². The van der Waals surface area contributed by atoms with Crippen LogP contribution >= 0.6 is 0 Å². The number of nitrogens with zero attached hydrogens (tertiary/aromatic N) is 2. The smallest absolute Gasteiger partial charge is 0.263 e. The second-order valence-electron chi connectivity index (χ2n) is 6.15. The molecule has 0 saturated carbocycles. The van der Waals surface area contributed by atoms with E-state index in [-0.39, 0.29) is 17.0 Å². The van der Waals surface area contributed by atoms with Crippen molar-refractivity contribution in [2.24, 2.45) is 7.05 Å². The molecule has 0 radical (unpaired) electrons. The molecule has 1 heterocycles. The van der Waals surface area contributed by atoms with Crippen molar-refractivity contribution in [3.63, 3.8) is 0 Å². The van der Waals surface area contributed by atoms with Crippen molar-refractivity contribution in [1.29, 1.82) is 0 Å². The molecule has 1 amide bonds. The quantitative estimate of drug-likeness (QED) is 0.915. The molecule has 2 rings (SSSR count). The van der Waals surface area contributed by atoms with Crippen LogP contribution in [0.25, 0.3) is 0 Å². The first kappa shape index (κ1) is 17.9. The van der Waals surface area contributed by atoms with Gasteiger partial charge in [0.05, 0.1) is 6.10 Å². The lowest BCUT2D eigenvalue weighted by Gasteiger charge is -2.20. The average molecular weight is 328 g/mol. The molecule has 5 nitrogen and oxygen atoms in total. The van der Waals surface area contributed by atoms with Gasteiger partial charge < -0.3 is 14.6 Å². The van der Waals surface area contributed by atoms with E-state index in [2.05, 4.69) is 0 Å². The highest BCUT2D eigenvalue weighted by molar-refractivity contribution is 5.95. The Balaban J connectivity index is 2.11. The molecule has 0 aliphatic carbocycles. The number of amides is 1. The van der Waals surface area contributed by atoms with Crippen LogP contribution in [0.4, 0.5) is 0 Å². The Morgan fingerprint density at radius 1 is 1.25 bits per heavy atom. The van der Waals surface area contributed by atoms with Crippen LogP contribution in [-0.2, 0) is 7.05 Å². The van der Waals surface area contributed by atoms with Crippen LogP contribution in [0.5, 0.6) is 0 Å². The van der Waals surface area contributed by atoms with Crippen molar-refractivity contribution >= 4 is 5.91 Å². The minimum absolute atomic E-state index is 0.194. The molecule has 0 fully saturated rings. The van der Waals surface area contributed by atoms with Crippen LogP contribution in [0.3, 0.4) is 0 Å². The Kier molecular flexibility index (Phi) is 5.57. The summed E-state index contributed by atoms with van der Waals surface area (Å²) in [5, 5.41) is 10.2. The fourth-order valence-corrected chi connectivity index (χ4v) is 2.69. The number of aromatic nitrogens is 1. The van der Waals surface area contributed by atoms with E-state index in [1.165, 1.54) is 9.47 Å². The highest BCUT2D eigenvalue weighted by atomic mass is 16.3. The van der Waals surface area contributed by atoms with Crippen LogP contribution in [-0.4, -0.2) is 34.1 Å². The monoisotopic (exact) mass is 328 g/mol. The van der Waals surface area contributed by atoms with Gasteiger partial charge in [0.2, 0.25) is 0 Å². The Morgan fingerprint density at radius 3 is 2.50 bits per heavy atom. The van der Waals surface area contributed by atoms with Gasteiger partial charge in [0, 0.05) is 26.3 Å². The maximum atomic E-state index is 12.6. The van der Waals surface area contributed by atoms with Crippen molar-refractivity contribution < 1.29 is 9.90 Å². The summed E-state index contributed by atoms with van der Waals surface area (Å²) in [5.74, 6) is -0.312. The van der Waals surface area contributed by atoms with Gasteiger partial charge in [0.25, 0.3) is 11.5 Å². The summed E-state index contributed by atoms with van der Waals surface area (Å²) in [4.78, 5) is 26.5. The molecule has 1 atom stereocenters. The summed E-state index contributed by atoms with van der Waals surface area (Å²) in [6, 6.07) is 11.2. The van der Waals surface area contributed by atoms with Gasteiger partial charge in [0.15, 0.2) is 0 Å². The minimum atomic E-state index is -0.636. The van der Waals surface area contributed by atoms with E-state index in [0.717, 1.165) is 11.3 Å². The van der Waals surface area contributed by atoms with Crippen molar-refractivity contribution in [2.45, 2.75) is 26.4 Å². The second-order valence-corrected chi connectivity index (χ2v) is 6.15. The van der Waals surface area contributed by atoms with Crippen LogP contribution in [0, 0.1) is 13.8 Å². The van der Waals surface area contributed by atoms with Gasteiger partial charge in [-0.2, -0.15) is 0 Å². The molecule has 1 N–H and O–H groups in total. The molecule has 1 unspecified atom stereocenters. The lowest BCUT2D eigenvalue weighted by molar-refractivity contribution is 0.0758. The molecule has 0 bridgehead atoms. The topological polar surface area (TPSA) is 62.5 Å². The first-order valence-electron chi connectivity index (χ1n) is 7.98. The zero-order valence-electron chi connectivity index (χ0n) is 14.6. The third kappa shape index (κ3) is 3.74. The third-order valence-corrected chi connectivity index (χ3v) is 4.35. The fraction of sp³-hybridized carbons (Fsp3) is 0.368. The van der Waals surface area contributed by atoms with Gasteiger partial charge in [-0.1, -0.05) is 30.3 Å². The summed E-state index contributed by atoms with van der Waals surface area (Å²) in [7, 11) is 3.31. The Hall–Kier alpha value is -2.40. The maximum Gasteiger partial charge on any atom is 0.263 e. The SMILES string of the molecule is Cc1cc(C)n(C)c(=O)c1C(=O)N(C)CCC(O)c1ccccc1. The number of aliphatic hydroxyl groups is 1. The summed E-state index contributed by atoms with van der Waals surface area (Å²) >= 11 is 0. The molecule has 5 heteroatoms. The number of aliphatic hydroxyl groups excluding tert-OH is 1. The molecule has 0 saturated heterocycles. The van der Waals surface area contributed by atoms with Crippen molar-refractivity contribution in [2.75, 3.05) is 13.6 Å². The van der Waals surface area contributed by atoms with Crippen molar-refractivity contribution in [3.05, 3.63) is 69.1 Å². The van der Waals surface area contributed by atoms with Gasteiger partial charge in [-0.05, 0) is 37.5 Å². The number of pyridine rings is 1. The molecule has 24 heavy (non-hydrogen) atoms. The molecular formula is C19H24N2O3. The summed E-state index contributed by atoms with van der Waals surface area (Å²) in [5.41, 5.74) is 2.22. The van der Waals surface area contributed by atoms with E-state index in [1.54, 1.807) is 21.0 Å². The highest BCUT2D eigenvalue weighted by Gasteiger charge is 2.20. The predicted octanol–water partition coefficient (Wildman–Crippen LogP) is 2.20. The summed E-state index contributed by atoms with van der Waals surface area (Å²) < 4.78 is 1.48. The molecule has 0 aliphatic heterocycles. The van der Waals surface area contributed by atoms with Crippen LogP contribution in [0.1, 0.15) is 39.7 Å². The molecule has 0 spiro atoms. The number of rotatable bonds is 5. The van der Waals surface area contributed by atoms with E-state index >= 15 is 0 Å². The highest BCUT2D eigenvalue weighted by Crippen LogP contribution is 2.17. The molecular weight excluding hydrogens is 304 g/mol. The fourth-order valence-electron chi connectivity index (χ4n) is 2.69. The van der Waals surface area contributed by atoms with Crippen molar-refractivity contribution in [1.82, 2.24) is 9.47 Å².